The predicted molar refractivity (Wildman–Crippen MR) is 76.0 cm³/mol. The Bertz CT molecular complexity index is 728. The van der Waals surface area contributed by atoms with Gasteiger partial charge in [-0.1, -0.05) is 30.3 Å². The zero-order valence-corrected chi connectivity index (χ0v) is 10.7. The number of hydrogen-bond donors (Lipinski definition) is 1. The first-order chi connectivity index (χ1) is 10.0. The molecule has 0 aliphatic rings. The molecular formula is C13H10N4O4. The van der Waals surface area contributed by atoms with Crippen LogP contribution < -0.4 is 5.84 Å². The molecule has 8 nitrogen and oxygen atoms in total. The summed E-state index contributed by atoms with van der Waals surface area (Å²) >= 11 is 0. The summed E-state index contributed by atoms with van der Waals surface area (Å²) < 4.78 is 0. The lowest BCUT2D eigenvalue weighted by atomic mass is 10.0. The summed E-state index contributed by atoms with van der Waals surface area (Å²) in [6.45, 7) is 0. The second-order valence-electron chi connectivity index (χ2n) is 4.06. The Morgan fingerprint density at radius 1 is 1.00 bits per heavy atom. The van der Waals surface area contributed by atoms with E-state index in [0.29, 0.717) is 5.56 Å². The van der Waals surface area contributed by atoms with Gasteiger partial charge < -0.3 is 5.84 Å². The summed E-state index contributed by atoms with van der Waals surface area (Å²) in [5.74, 6) is 5.34. The highest BCUT2D eigenvalue weighted by Gasteiger charge is 2.23. The average molecular weight is 286 g/mol. The third-order valence-electron chi connectivity index (χ3n) is 2.82. The van der Waals surface area contributed by atoms with Gasteiger partial charge in [-0.25, -0.2) is 0 Å². The Kier molecular flexibility index (Phi) is 3.89. The van der Waals surface area contributed by atoms with E-state index in [2.05, 4.69) is 5.10 Å². The molecule has 8 heteroatoms. The van der Waals surface area contributed by atoms with E-state index in [9.17, 15) is 20.2 Å². The maximum absolute atomic E-state index is 11.1. The van der Waals surface area contributed by atoms with Gasteiger partial charge in [-0.15, -0.1) is 0 Å². The van der Waals surface area contributed by atoms with Crippen LogP contribution in [0.1, 0.15) is 11.1 Å². The highest BCUT2D eigenvalue weighted by molar-refractivity contribution is 6.15. The van der Waals surface area contributed by atoms with Crippen LogP contribution in [0.25, 0.3) is 0 Å². The van der Waals surface area contributed by atoms with Gasteiger partial charge in [0.1, 0.15) is 5.71 Å². The number of nitro groups is 2. The first-order valence-electron chi connectivity index (χ1n) is 5.81. The van der Waals surface area contributed by atoms with Gasteiger partial charge in [0.25, 0.3) is 11.4 Å². The molecule has 0 radical (unpaired) electrons. The maximum Gasteiger partial charge on any atom is 0.285 e. The van der Waals surface area contributed by atoms with Crippen molar-refractivity contribution in [3.05, 3.63) is 79.9 Å². The fourth-order valence-corrected chi connectivity index (χ4v) is 1.88. The van der Waals surface area contributed by atoms with E-state index in [0.717, 1.165) is 6.07 Å². The molecule has 0 aliphatic carbocycles. The number of hydrogen-bond acceptors (Lipinski definition) is 6. The monoisotopic (exact) mass is 286 g/mol. The molecule has 0 spiro atoms. The molecule has 2 rings (SSSR count). The largest absolute Gasteiger partial charge is 0.323 e. The van der Waals surface area contributed by atoms with Crippen molar-refractivity contribution < 1.29 is 9.85 Å². The first kappa shape index (κ1) is 14.1. The second kappa shape index (κ2) is 5.78. The van der Waals surface area contributed by atoms with Gasteiger partial charge in [0.05, 0.1) is 21.5 Å². The smallest absolute Gasteiger partial charge is 0.285 e. The van der Waals surface area contributed by atoms with Gasteiger partial charge in [0.2, 0.25) is 0 Å². The minimum atomic E-state index is -0.698. The third kappa shape index (κ3) is 2.84. The molecule has 0 aromatic heterocycles. The lowest BCUT2D eigenvalue weighted by Gasteiger charge is -2.06. The molecule has 0 amide bonds. The number of nitrogens with zero attached hydrogens (tertiary/aromatic N) is 3. The fraction of sp³-hybridized carbons (Fsp3) is 0. The van der Waals surface area contributed by atoms with E-state index in [1.807, 2.05) is 0 Å². The van der Waals surface area contributed by atoms with Crippen LogP contribution in [0.2, 0.25) is 0 Å². The molecule has 0 unspecified atom stereocenters. The quantitative estimate of drug-likeness (QED) is 0.399. The van der Waals surface area contributed by atoms with Crippen LogP contribution in [-0.4, -0.2) is 15.6 Å². The number of nitrogens with two attached hydrogens (primary N) is 1. The average Bonchev–Trinajstić information content (AvgIpc) is 2.49. The van der Waals surface area contributed by atoms with E-state index in [1.54, 1.807) is 30.3 Å². The second-order valence-corrected chi connectivity index (χ2v) is 4.06. The molecule has 0 atom stereocenters. The van der Waals surface area contributed by atoms with Crippen LogP contribution in [-0.2, 0) is 0 Å². The van der Waals surface area contributed by atoms with Gasteiger partial charge in [0.15, 0.2) is 0 Å². The molecule has 0 saturated carbocycles. The lowest BCUT2D eigenvalue weighted by molar-refractivity contribution is -0.394. The zero-order chi connectivity index (χ0) is 15.4. The molecule has 0 saturated heterocycles. The molecule has 2 aromatic carbocycles. The molecule has 0 bridgehead atoms. The molecular weight excluding hydrogens is 276 g/mol. The van der Waals surface area contributed by atoms with E-state index in [1.165, 1.54) is 12.1 Å². The summed E-state index contributed by atoms with van der Waals surface area (Å²) in [5, 5.41) is 25.4. The van der Waals surface area contributed by atoms with E-state index in [-0.39, 0.29) is 17.0 Å². The van der Waals surface area contributed by atoms with E-state index >= 15 is 0 Å². The number of benzene rings is 2. The Morgan fingerprint density at radius 2 is 1.67 bits per heavy atom. The van der Waals surface area contributed by atoms with Gasteiger partial charge >= 0.3 is 0 Å². The van der Waals surface area contributed by atoms with Crippen molar-refractivity contribution in [3.8, 4) is 0 Å². The van der Waals surface area contributed by atoms with Crippen molar-refractivity contribution >= 4 is 17.1 Å². The van der Waals surface area contributed by atoms with Crippen LogP contribution in [0.3, 0.4) is 0 Å². The summed E-state index contributed by atoms with van der Waals surface area (Å²) in [4.78, 5) is 20.5. The Morgan fingerprint density at radius 3 is 2.19 bits per heavy atom. The summed E-state index contributed by atoms with van der Waals surface area (Å²) in [7, 11) is 0. The van der Waals surface area contributed by atoms with Crippen molar-refractivity contribution in [2.75, 3.05) is 0 Å². The summed E-state index contributed by atoms with van der Waals surface area (Å²) in [6, 6.07) is 12.0. The van der Waals surface area contributed by atoms with Crippen LogP contribution in [0.4, 0.5) is 11.4 Å². The lowest BCUT2D eigenvalue weighted by Crippen LogP contribution is -2.09. The normalized spacial score (nSPS) is 11.1. The third-order valence-corrected chi connectivity index (χ3v) is 2.82. The maximum atomic E-state index is 11.1. The van der Waals surface area contributed by atoms with Gasteiger partial charge in [0, 0.05) is 11.6 Å². The molecule has 0 aliphatic heterocycles. The Labute approximate surface area is 118 Å². The van der Waals surface area contributed by atoms with Crippen molar-refractivity contribution in [1.29, 1.82) is 0 Å². The Hall–Kier alpha value is -3.29. The van der Waals surface area contributed by atoms with Crippen LogP contribution in [0, 0.1) is 20.2 Å². The van der Waals surface area contributed by atoms with Gasteiger partial charge in [-0.2, -0.15) is 5.10 Å². The van der Waals surface area contributed by atoms with E-state index in [4.69, 9.17) is 5.84 Å². The minimum Gasteiger partial charge on any atom is -0.323 e. The topological polar surface area (TPSA) is 125 Å². The number of rotatable bonds is 4. The predicted octanol–water partition coefficient (Wildman–Crippen LogP) is 2.21. The standard InChI is InChI=1S/C13H10N4O4/c14-15-13(9-4-2-1-3-5-9)11-7-6-10(16(18)19)8-12(11)17(20)21/h1-8H,14H2/b15-13+. The fourth-order valence-electron chi connectivity index (χ4n) is 1.88. The Balaban J connectivity index is 2.62. The van der Waals surface area contributed by atoms with Crippen LogP contribution in [0.5, 0.6) is 0 Å². The minimum absolute atomic E-state index is 0.124. The molecule has 106 valence electrons. The highest BCUT2D eigenvalue weighted by Crippen LogP contribution is 2.27. The molecule has 0 heterocycles. The summed E-state index contributed by atoms with van der Waals surface area (Å²) in [5.41, 5.74) is 0.112. The van der Waals surface area contributed by atoms with Crippen molar-refractivity contribution in [1.82, 2.24) is 0 Å². The number of hydrazone groups is 1. The van der Waals surface area contributed by atoms with Crippen molar-refractivity contribution in [3.63, 3.8) is 0 Å². The van der Waals surface area contributed by atoms with Crippen LogP contribution in [0.15, 0.2) is 53.6 Å². The SMILES string of the molecule is N/N=C(\c1ccccc1)c1ccc([N+](=O)[O-])cc1[N+](=O)[O-]. The van der Waals surface area contributed by atoms with Gasteiger partial charge in [-0.05, 0) is 6.07 Å². The number of non-ortho nitro benzene ring substituents is 1. The van der Waals surface area contributed by atoms with Crippen molar-refractivity contribution in [2.24, 2.45) is 10.9 Å². The summed E-state index contributed by atoms with van der Waals surface area (Å²) in [6.07, 6.45) is 0. The zero-order valence-electron chi connectivity index (χ0n) is 10.7. The van der Waals surface area contributed by atoms with Gasteiger partial charge in [-0.3, -0.25) is 20.2 Å². The number of nitro benzene ring substituents is 2. The molecule has 2 aromatic rings. The molecule has 21 heavy (non-hydrogen) atoms. The van der Waals surface area contributed by atoms with Crippen LogP contribution >= 0.6 is 0 Å². The van der Waals surface area contributed by atoms with Crippen molar-refractivity contribution in [2.45, 2.75) is 0 Å². The molecule has 2 N–H and O–H groups in total. The molecule has 0 fully saturated rings. The van der Waals surface area contributed by atoms with E-state index < -0.39 is 15.5 Å². The first-order valence-corrected chi connectivity index (χ1v) is 5.81. The highest BCUT2D eigenvalue weighted by atomic mass is 16.6.